The van der Waals surface area contributed by atoms with Crippen molar-refractivity contribution >= 4 is 17.5 Å². The molecule has 1 aromatic carbocycles. The normalized spacial score (nSPS) is 16.5. The van der Waals surface area contributed by atoms with E-state index in [2.05, 4.69) is 10.5 Å². The molecule has 2 amide bonds. The standard InChI is InChI=1S/C18H20FN3O3/c1-10(2)16-7-12(21-25-16)9-22(3)18(24)14-8-17(23)20-15-5-4-11(19)6-13(14)15/h4-7,10,14H,8-9H2,1-3H3,(H,20,23)/t14-/m1/s1. The number of hydrogen-bond donors (Lipinski definition) is 1. The van der Waals surface area contributed by atoms with E-state index in [1.165, 1.54) is 23.1 Å². The molecular weight excluding hydrogens is 325 g/mol. The minimum Gasteiger partial charge on any atom is -0.361 e. The maximum absolute atomic E-state index is 13.6. The number of carbonyl (C=O) groups excluding carboxylic acids is 2. The van der Waals surface area contributed by atoms with Gasteiger partial charge in [-0.15, -0.1) is 0 Å². The van der Waals surface area contributed by atoms with Gasteiger partial charge in [-0.3, -0.25) is 9.59 Å². The first-order valence-corrected chi connectivity index (χ1v) is 8.15. The quantitative estimate of drug-likeness (QED) is 0.924. The summed E-state index contributed by atoms with van der Waals surface area (Å²) in [5, 5.41) is 6.64. The highest BCUT2D eigenvalue weighted by atomic mass is 19.1. The molecule has 1 aliphatic heterocycles. The first kappa shape index (κ1) is 17.1. The fourth-order valence-electron chi connectivity index (χ4n) is 2.91. The highest BCUT2D eigenvalue weighted by Gasteiger charge is 2.33. The monoisotopic (exact) mass is 345 g/mol. The number of nitrogens with one attached hydrogen (secondary N) is 1. The van der Waals surface area contributed by atoms with Gasteiger partial charge in [0.05, 0.1) is 12.5 Å². The smallest absolute Gasteiger partial charge is 0.230 e. The fourth-order valence-corrected chi connectivity index (χ4v) is 2.91. The minimum atomic E-state index is -0.707. The topological polar surface area (TPSA) is 75.4 Å². The second-order valence-corrected chi connectivity index (χ2v) is 6.61. The maximum Gasteiger partial charge on any atom is 0.230 e. The largest absolute Gasteiger partial charge is 0.361 e. The summed E-state index contributed by atoms with van der Waals surface area (Å²) in [6, 6.07) is 5.86. The molecule has 2 heterocycles. The van der Waals surface area contributed by atoms with Crippen molar-refractivity contribution in [3.8, 4) is 0 Å². The van der Waals surface area contributed by atoms with Gasteiger partial charge in [0.1, 0.15) is 17.3 Å². The zero-order valence-corrected chi connectivity index (χ0v) is 14.4. The van der Waals surface area contributed by atoms with Crippen molar-refractivity contribution in [1.29, 1.82) is 0 Å². The van der Waals surface area contributed by atoms with Gasteiger partial charge >= 0.3 is 0 Å². The zero-order chi connectivity index (χ0) is 18.1. The van der Waals surface area contributed by atoms with Crippen molar-refractivity contribution in [2.45, 2.75) is 38.6 Å². The number of aromatic nitrogens is 1. The van der Waals surface area contributed by atoms with E-state index in [0.717, 1.165) is 5.76 Å². The van der Waals surface area contributed by atoms with Gasteiger partial charge in [0.25, 0.3) is 0 Å². The van der Waals surface area contributed by atoms with E-state index >= 15 is 0 Å². The van der Waals surface area contributed by atoms with Crippen LogP contribution in [0, 0.1) is 5.82 Å². The number of fused-ring (bicyclic) bond motifs is 1. The lowest BCUT2D eigenvalue weighted by Gasteiger charge is -2.28. The van der Waals surface area contributed by atoms with Gasteiger partial charge in [0, 0.05) is 31.1 Å². The number of benzene rings is 1. The van der Waals surface area contributed by atoms with Crippen molar-refractivity contribution in [1.82, 2.24) is 10.1 Å². The van der Waals surface area contributed by atoms with Crippen LogP contribution in [0.25, 0.3) is 0 Å². The Hall–Kier alpha value is -2.70. The van der Waals surface area contributed by atoms with Gasteiger partial charge in [-0.25, -0.2) is 4.39 Å². The van der Waals surface area contributed by atoms with Gasteiger partial charge < -0.3 is 14.7 Å². The van der Waals surface area contributed by atoms with Crippen LogP contribution >= 0.6 is 0 Å². The third-order valence-corrected chi connectivity index (χ3v) is 4.27. The molecule has 0 bridgehead atoms. The number of carbonyl (C=O) groups is 2. The molecule has 0 saturated carbocycles. The van der Waals surface area contributed by atoms with Crippen molar-refractivity contribution in [3.63, 3.8) is 0 Å². The first-order valence-electron chi connectivity index (χ1n) is 8.15. The lowest BCUT2D eigenvalue weighted by molar-refractivity contribution is -0.134. The van der Waals surface area contributed by atoms with Crippen LogP contribution < -0.4 is 5.32 Å². The number of halogens is 1. The number of anilines is 1. The van der Waals surface area contributed by atoms with Gasteiger partial charge in [0.2, 0.25) is 11.8 Å². The van der Waals surface area contributed by atoms with Crippen molar-refractivity contribution in [3.05, 3.63) is 47.1 Å². The Bertz CT molecular complexity index is 816. The molecule has 0 aliphatic carbocycles. The number of amides is 2. The van der Waals surface area contributed by atoms with E-state index in [9.17, 15) is 14.0 Å². The van der Waals surface area contributed by atoms with E-state index in [1.54, 1.807) is 7.05 Å². The summed E-state index contributed by atoms with van der Waals surface area (Å²) >= 11 is 0. The van der Waals surface area contributed by atoms with Gasteiger partial charge in [-0.1, -0.05) is 19.0 Å². The molecule has 1 atom stereocenters. The molecule has 0 radical (unpaired) electrons. The number of nitrogens with zero attached hydrogens (tertiary/aromatic N) is 2. The molecule has 2 aromatic rings. The van der Waals surface area contributed by atoms with Crippen molar-refractivity contribution in [2.24, 2.45) is 0 Å². The van der Waals surface area contributed by atoms with E-state index in [1.807, 2.05) is 19.9 Å². The molecule has 1 N–H and O–H groups in total. The molecule has 0 saturated heterocycles. The highest BCUT2D eigenvalue weighted by Crippen LogP contribution is 2.34. The molecule has 6 nitrogen and oxygen atoms in total. The summed E-state index contributed by atoms with van der Waals surface area (Å²) in [5.41, 5.74) is 1.62. The summed E-state index contributed by atoms with van der Waals surface area (Å²) in [7, 11) is 1.64. The van der Waals surface area contributed by atoms with Crippen LogP contribution in [-0.4, -0.2) is 28.9 Å². The molecule has 7 heteroatoms. The van der Waals surface area contributed by atoms with E-state index in [-0.39, 0.29) is 30.7 Å². The van der Waals surface area contributed by atoms with Crippen LogP contribution in [0.5, 0.6) is 0 Å². The Balaban J connectivity index is 1.80. The summed E-state index contributed by atoms with van der Waals surface area (Å²) in [5.74, 6) is -0.695. The van der Waals surface area contributed by atoms with Crippen LogP contribution in [0.2, 0.25) is 0 Å². The molecule has 0 fully saturated rings. The molecule has 0 unspecified atom stereocenters. The lowest BCUT2D eigenvalue weighted by atomic mass is 9.89. The molecule has 132 valence electrons. The molecule has 25 heavy (non-hydrogen) atoms. The minimum absolute atomic E-state index is 0.00428. The summed E-state index contributed by atoms with van der Waals surface area (Å²) < 4.78 is 18.8. The van der Waals surface area contributed by atoms with Crippen LogP contribution in [0.15, 0.2) is 28.8 Å². The van der Waals surface area contributed by atoms with Crippen LogP contribution in [-0.2, 0) is 16.1 Å². The Morgan fingerprint density at radius 1 is 1.44 bits per heavy atom. The number of likely N-dealkylation sites (N-methyl/N-ethyl adjacent to an activating group) is 1. The van der Waals surface area contributed by atoms with Gasteiger partial charge in [0.15, 0.2) is 0 Å². The van der Waals surface area contributed by atoms with Crippen molar-refractivity contribution in [2.75, 3.05) is 12.4 Å². The Kier molecular flexibility index (Phi) is 4.57. The van der Waals surface area contributed by atoms with E-state index in [0.29, 0.717) is 16.9 Å². The fraction of sp³-hybridized carbons (Fsp3) is 0.389. The third kappa shape index (κ3) is 3.55. The van der Waals surface area contributed by atoms with Gasteiger partial charge in [-0.05, 0) is 23.8 Å². The van der Waals surface area contributed by atoms with Crippen LogP contribution in [0.4, 0.5) is 10.1 Å². The van der Waals surface area contributed by atoms with Crippen LogP contribution in [0.1, 0.15) is 49.1 Å². The summed E-state index contributed by atoms with van der Waals surface area (Å²) in [6.45, 7) is 4.24. The highest BCUT2D eigenvalue weighted by molar-refractivity contribution is 6.01. The molecule has 0 spiro atoms. The lowest BCUT2D eigenvalue weighted by Crippen LogP contribution is -2.36. The Morgan fingerprint density at radius 2 is 2.20 bits per heavy atom. The summed E-state index contributed by atoms with van der Waals surface area (Å²) in [4.78, 5) is 26.2. The molecule has 1 aromatic heterocycles. The zero-order valence-electron chi connectivity index (χ0n) is 14.4. The summed E-state index contributed by atoms with van der Waals surface area (Å²) in [6.07, 6.45) is -0.00428. The SMILES string of the molecule is CC(C)c1cc(CN(C)C(=O)[C@@H]2CC(=O)Nc3ccc(F)cc32)no1. The molecule has 3 rings (SSSR count). The number of rotatable bonds is 4. The van der Waals surface area contributed by atoms with Crippen molar-refractivity contribution < 1.29 is 18.5 Å². The van der Waals surface area contributed by atoms with Gasteiger partial charge in [-0.2, -0.15) is 0 Å². The molecule has 1 aliphatic rings. The van der Waals surface area contributed by atoms with Crippen LogP contribution in [0.3, 0.4) is 0 Å². The Labute approximate surface area is 145 Å². The third-order valence-electron chi connectivity index (χ3n) is 4.27. The average Bonchev–Trinajstić information content (AvgIpc) is 3.02. The second-order valence-electron chi connectivity index (χ2n) is 6.61. The van der Waals surface area contributed by atoms with E-state index in [4.69, 9.17) is 4.52 Å². The maximum atomic E-state index is 13.6. The predicted molar refractivity (Wildman–Crippen MR) is 89.5 cm³/mol. The predicted octanol–water partition coefficient (Wildman–Crippen LogP) is 3.02. The average molecular weight is 345 g/mol. The Morgan fingerprint density at radius 3 is 2.88 bits per heavy atom. The first-order chi connectivity index (χ1) is 11.8. The number of hydrogen-bond acceptors (Lipinski definition) is 4. The molecular formula is C18H20FN3O3. The van der Waals surface area contributed by atoms with E-state index < -0.39 is 11.7 Å². The second kappa shape index (κ2) is 6.66.